The number of aromatic nitrogens is 1. The number of Topliss-reactive ketones (excluding diaryl/α,β-unsaturated/α-hetero) is 1. The third kappa shape index (κ3) is 3.06. The van der Waals surface area contributed by atoms with Crippen molar-refractivity contribution in [2.24, 2.45) is 11.3 Å². The monoisotopic (exact) mass is 401 g/mol. The number of hydrogen-bond donors (Lipinski definition) is 1. The van der Waals surface area contributed by atoms with E-state index in [0.717, 1.165) is 16.9 Å². The van der Waals surface area contributed by atoms with E-state index in [1.165, 1.54) is 21.4 Å². The van der Waals surface area contributed by atoms with Crippen molar-refractivity contribution in [3.8, 4) is 0 Å². The molecule has 0 saturated heterocycles. The number of benzene rings is 2. The lowest BCUT2D eigenvalue weighted by Gasteiger charge is -2.41. The molecule has 2 atom stereocenters. The minimum absolute atomic E-state index is 0.0107. The highest BCUT2D eigenvalue weighted by atomic mass is 32.2. The van der Waals surface area contributed by atoms with E-state index in [9.17, 15) is 4.79 Å². The van der Waals surface area contributed by atoms with Crippen molar-refractivity contribution in [3.63, 3.8) is 0 Å². The Kier molecular flexibility index (Phi) is 4.28. The topological polar surface area (TPSA) is 43.2 Å². The van der Waals surface area contributed by atoms with E-state index < -0.39 is 0 Å². The molecule has 1 aliphatic heterocycles. The van der Waals surface area contributed by atoms with E-state index in [-0.39, 0.29) is 17.3 Å². The third-order valence-corrected chi connectivity index (χ3v) is 6.88. The number of hydrogen-bond acceptors (Lipinski definition) is 3. The molecule has 0 bridgehead atoms. The Labute approximate surface area is 175 Å². The molecule has 0 fully saturated rings. The molecule has 3 aromatic rings. The fraction of sp³-hybridized carbons (Fsp3) is 0.280. The summed E-state index contributed by atoms with van der Waals surface area (Å²) in [5, 5.41) is 4.80. The number of rotatable bonds is 2. The first-order valence-corrected chi connectivity index (χ1v) is 11.3. The molecule has 3 nitrogen and oxygen atoms in total. The van der Waals surface area contributed by atoms with Crippen LogP contribution in [0.15, 0.2) is 71.4 Å². The van der Waals surface area contributed by atoms with Crippen molar-refractivity contribution in [1.82, 2.24) is 0 Å². The van der Waals surface area contributed by atoms with Crippen LogP contribution in [0.3, 0.4) is 0 Å². The highest BCUT2D eigenvalue weighted by Crippen LogP contribution is 2.51. The van der Waals surface area contributed by atoms with E-state index in [1.54, 1.807) is 11.8 Å². The molecule has 4 heteroatoms. The van der Waals surface area contributed by atoms with Gasteiger partial charge in [0, 0.05) is 40.8 Å². The Morgan fingerprint density at radius 2 is 1.86 bits per heavy atom. The molecule has 1 aromatic heterocycles. The lowest BCUT2D eigenvalue weighted by molar-refractivity contribution is -0.344. The van der Waals surface area contributed by atoms with Gasteiger partial charge in [0.15, 0.2) is 6.20 Å². The number of nitrogens with one attached hydrogen (secondary N) is 2. The van der Waals surface area contributed by atoms with Crippen LogP contribution in [-0.2, 0) is 4.79 Å². The van der Waals surface area contributed by atoms with E-state index in [0.29, 0.717) is 12.2 Å². The van der Waals surface area contributed by atoms with Crippen molar-refractivity contribution < 1.29 is 9.78 Å². The molecular weight excluding hydrogens is 376 g/mol. The van der Waals surface area contributed by atoms with Crippen LogP contribution in [-0.4, -0.2) is 12.0 Å². The number of carbonyl (C=O) groups excluding carboxylic acids is 1. The van der Waals surface area contributed by atoms with Crippen molar-refractivity contribution in [1.29, 1.82) is 0 Å². The number of allylic oxidation sites excluding steroid dienone is 2. The average Bonchev–Trinajstić information content (AvgIpc) is 2.71. The van der Waals surface area contributed by atoms with E-state index in [1.807, 2.05) is 12.3 Å². The molecule has 29 heavy (non-hydrogen) atoms. The van der Waals surface area contributed by atoms with Gasteiger partial charge >= 0.3 is 0 Å². The number of aromatic amines is 1. The summed E-state index contributed by atoms with van der Waals surface area (Å²) >= 11 is 1.74. The predicted octanol–water partition coefficient (Wildman–Crippen LogP) is 5.43. The summed E-state index contributed by atoms with van der Waals surface area (Å²) in [5.74, 6) is 0.166. The number of thioether (sulfide) groups is 1. The maximum Gasteiger partial charge on any atom is 0.211 e. The summed E-state index contributed by atoms with van der Waals surface area (Å²) < 4.78 is 0. The number of ketones is 1. The maximum absolute atomic E-state index is 13.4. The molecule has 2 unspecified atom stereocenters. The third-order valence-electron chi connectivity index (χ3n) is 6.14. The summed E-state index contributed by atoms with van der Waals surface area (Å²) in [6.07, 6.45) is 6.89. The zero-order valence-electron chi connectivity index (χ0n) is 17.0. The Morgan fingerprint density at radius 3 is 2.62 bits per heavy atom. The predicted molar refractivity (Wildman–Crippen MR) is 119 cm³/mol. The lowest BCUT2D eigenvalue weighted by Crippen LogP contribution is -2.39. The van der Waals surface area contributed by atoms with Gasteiger partial charge in [0.25, 0.3) is 0 Å². The Hall–Kier alpha value is -2.59. The Bertz CT molecular complexity index is 1150. The second-order valence-electron chi connectivity index (χ2n) is 8.74. The van der Waals surface area contributed by atoms with Crippen molar-refractivity contribution in [2.45, 2.75) is 31.1 Å². The van der Waals surface area contributed by atoms with Crippen LogP contribution in [0.5, 0.6) is 0 Å². The maximum atomic E-state index is 13.4. The molecule has 0 saturated carbocycles. The van der Waals surface area contributed by atoms with Gasteiger partial charge < -0.3 is 5.32 Å². The molecule has 0 radical (unpaired) electrons. The quantitative estimate of drug-likeness (QED) is 0.582. The standard InChI is InChI=1S/C25H24N2OS/c1-25(2)13-20-24(21(28)14-25)22(15-6-8-16(29-3)9-7-15)23-17-5-4-12-26-18(17)10-11-19(23)27-20/h4-13,22,24,27H,14H2,1-3H3/p+1. The second kappa shape index (κ2) is 6.74. The summed E-state index contributed by atoms with van der Waals surface area (Å²) in [5.41, 5.74) is 5.54. The number of fused-ring (bicyclic) bond motifs is 4. The minimum atomic E-state index is -0.165. The van der Waals surface area contributed by atoms with Crippen LogP contribution in [0.4, 0.5) is 5.69 Å². The van der Waals surface area contributed by atoms with E-state index >= 15 is 0 Å². The SMILES string of the molecule is CSc1ccc(C2c3c(ccc4[nH+]cccc34)NC3=CC(C)(C)CC(=O)C32)cc1. The molecule has 0 amide bonds. The van der Waals surface area contributed by atoms with Crippen LogP contribution < -0.4 is 10.3 Å². The van der Waals surface area contributed by atoms with Crippen LogP contribution in [0.25, 0.3) is 10.9 Å². The molecule has 1 aliphatic carbocycles. The molecular formula is C25H25N2OS+. The smallest absolute Gasteiger partial charge is 0.211 e. The first-order chi connectivity index (χ1) is 14.0. The van der Waals surface area contributed by atoms with Gasteiger partial charge in [-0.05, 0) is 47.1 Å². The van der Waals surface area contributed by atoms with Crippen molar-refractivity contribution in [2.75, 3.05) is 11.6 Å². The zero-order chi connectivity index (χ0) is 20.2. The van der Waals surface area contributed by atoms with Gasteiger partial charge in [-0.2, -0.15) is 0 Å². The van der Waals surface area contributed by atoms with Gasteiger partial charge in [-0.15, -0.1) is 11.8 Å². The van der Waals surface area contributed by atoms with Crippen LogP contribution >= 0.6 is 11.8 Å². The molecule has 0 spiro atoms. The fourth-order valence-corrected chi connectivity index (χ4v) is 5.34. The van der Waals surface area contributed by atoms with Crippen molar-refractivity contribution in [3.05, 3.63) is 77.6 Å². The van der Waals surface area contributed by atoms with Crippen molar-refractivity contribution >= 4 is 34.1 Å². The van der Waals surface area contributed by atoms with E-state index in [2.05, 4.69) is 78.9 Å². The second-order valence-corrected chi connectivity index (χ2v) is 9.62. The summed E-state index contributed by atoms with van der Waals surface area (Å²) in [7, 11) is 0. The van der Waals surface area contributed by atoms with Gasteiger partial charge in [0.1, 0.15) is 5.78 Å². The number of carbonyl (C=O) groups is 1. The normalized spacial score (nSPS) is 22.4. The summed E-state index contributed by atoms with van der Waals surface area (Å²) in [6, 6.07) is 17.2. The zero-order valence-corrected chi connectivity index (χ0v) is 17.8. The van der Waals surface area contributed by atoms with Crippen LogP contribution in [0.1, 0.15) is 37.3 Å². The van der Waals surface area contributed by atoms with Gasteiger partial charge in [0.05, 0.1) is 11.3 Å². The molecule has 146 valence electrons. The molecule has 2 aliphatic rings. The summed E-state index contributed by atoms with van der Waals surface area (Å²) in [4.78, 5) is 18.0. The van der Waals surface area contributed by atoms with Gasteiger partial charge in [0.2, 0.25) is 5.52 Å². The highest BCUT2D eigenvalue weighted by Gasteiger charge is 2.44. The first kappa shape index (κ1) is 18.4. The molecule has 2 aromatic carbocycles. The average molecular weight is 402 g/mol. The molecule has 2 heterocycles. The number of H-pyrrole nitrogens is 1. The fourth-order valence-electron chi connectivity index (χ4n) is 4.93. The largest absolute Gasteiger partial charge is 0.358 e. The first-order valence-electron chi connectivity index (χ1n) is 10.1. The Balaban J connectivity index is 1.79. The van der Waals surface area contributed by atoms with Crippen LogP contribution in [0, 0.1) is 11.3 Å². The minimum Gasteiger partial charge on any atom is -0.358 e. The van der Waals surface area contributed by atoms with Gasteiger partial charge in [-0.3, -0.25) is 4.79 Å². The lowest BCUT2D eigenvalue weighted by atomic mass is 9.66. The number of anilines is 1. The Morgan fingerprint density at radius 1 is 1.07 bits per heavy atom. The van der Waals surface area contributed by atoms with Crippen LogP contribution in [0.2, 0.25) is 0 Å². The highest BCUT2D eigenvalue weighted by molar-refractivity contribution is 7.98. The van der Waals surface area contributed by atoms with Gasteiger partial charge in [-0.25, -0.2) is 4.98 Å². The number of pyridine rings is 1. The summed E-state index contributed by atoms with van der Waals surface area (Å²) in [6.45, 7) is 4.28. The molecule has 2 N–H and O–H groups in total. The van der Waals surface area contributed by atoms with Gasteiger partial charge in [-0.1, -0.05) is 32.1 Å². The van der Waals surface area contributed by atoms with E-state index in [4.69, 9.17) is 0 Å². The molecule has 5 rings (SSSR count).